The smallest absolute Gasteiger partial charge is 0.269 e. The Balaban J connectivity index is 5.33. The minimum Gasteiger partial charge on any atom is -0.269 e. The lowest BCUT2D eigenvalue weighted by molar-refractivity contribution is -0.428. The van der Waals surface area contributed by atoms with Crippen LogP contribution < -0.4 is 0 Å². The first-order chi connectivity index (χ1) is 8.20. The van der Waals surface area contributed by atoms with E-state index in [1.165, 1.54) is 0 Å². The van der Waals surface area contributed by atoms with Crippen molar-refractivity contribution < 1.29 is 52.1 Å². The maximum absolute atomic E-state index is 12.6. The first kappa shape index (κ1) is 18.4. The van der Waals surface area contributed by atoms with E-state index in [0.29, 0.717) is 0 Å². The van der Waals surface area contributed by atoms with E-state index < -0.39 is 42.1 Å². The standard InChI is InChI=1S/C6H5F9O3S/c1-2-17-19(16)18-6(14,15)4(9,10)3(7,8)5(11,12)13/h2H2,1H3. The van der Waals surface area contributed by atoms with Gasteiger partial charge in [-0.15, -0.1) is 0 Å². The molecule has 0 N–H and O–H groups in total. The lowest BCUT2D eigenvalue weighted by Crippen LogP contribution is -2.61. The molecule has 0 fully saturated rings. The third-order valence-corrected chi connectivity index (χ3v) is 2.28. The maximum Gasteiger partial charge on any atom is 0.460 e. The van der Waals surface area contributed by atoms with Gasteiger partial charge in [-0.3, -0.25) is 4.18 Å². The van der Waals surface area contributed by atoms with Crippen molar-refractivity contribution in [3.63, 3.8) is 0 Å². The Bertz CT molecular complexity index is 339. The van der Waals surface area contributed by atoms with Crippen molar-refractivity contribution in [3.05, 3.63) is 0 Å². The summed E-state index contributed by atoms with van der Waals surface area (Å²) in [6, 6.07) is 0. The summed E-state index contributed by atoms with van der Waals surface area (Å²) >= 11 is -3.63. The third kappa shape index (κ3) is 3.51. The van der Waals surface area contributed by atoms with Crippen LogP contribution in [0.15, 0.2) is 0 Å². The molecule has 0 aromatic carbocycles. The molecule has 116 valence electrons. The Morgan fingerprint density at radius 3 is 1.63 bits per heavy atom. The van der Waals surface area contributed by atoms with Crippen molar-refractivity contribution in [2.24, 2.45) is 0 Å². The summed E-state index contributed by atoms with van der Waals surface area (Å²) < 4.78 is 126. The van der Waals surface area contributed by atoms with Gasteiger partial charge >= 0.3 is 35.5 Å². The molecule has 0 aliphatic rings. The summed E-state index contributed by atoms with van der Waals surface area (Å²) in [6.07, 6.45) is -13.3. The number of hydrogen-bond acceptors (Lipinski definition) is 3. The van der Waals surface area contributed by atoms with Gasteiger partial charge in [0.2, 0.25) is 0 Å². The minimum atomic E-state index is -7.10. The van der Waals surface area contributed by atoms with Gasteiger partial charge in [0.15, 0.2) is 0 Å². The zero-order valence-electron chi connectivity index (χ0n) is 8.74. The SMILES string of the molecule is CCOS(=O)OC(F)(F)C(F)(F)C(F)(F)C(F)(F)F. The summed E-state index contributed by atoms with van der Waals surface area (Å²) in [4.78, 5) is 0. The molecule has 0 saturated heterocycles. The van der Waals surface area contributed by atoms with Gasteiger partial charge in [0, 0.05) is 0 Å². The van der Waals surface area contributed by atoms with Gasteiger partial charge in [-0.05, 0) is 6.92 Å². The number of halogens is 9. The third-order valence-electron chi connectivity index (χ3n) is 1.50. The van der Waals surface area contributed by atoms with Gasteiger partial charge in [-0.25, -0.2) is 0 Å². The first-order valence-corrected chi connectivity index (χ1v) is 5.15. The molecule has 0 spiro atoms. The molecular formula is C6H5F9O3S. The van der Waals surface area contributed by atoms with Crippen LogP contribution >= 0.6 is 0 Å². The first-order valence-electron chi connectivity index (χ1n) is 4.15. The van der Waals surface area contributed by atoms with E-state index in [4.69, 9.17) is 0 Å². The lowest BCUT2D eigenvalue weighted by atomic mass is 10.1. The zero-order chi connectivity index (χ0) is 15.7. The van der Waals surface area contributed by atoms with Crippen molar-refractivity contribution in [1.29, 1.82) is 0 Å². The van der Waals surface area contributed by atoms with E-state index in [1.807, 2.05) is 0 Å². The van der Waals surface area contributed by atoms with Gasteiger partial charge in [0.05, 0.1) is 6.61 Å². The molecule has 3 nitrogen and oxygen atoms in total. The molecule has 0 bridgehead atoms. The second-order valence-electron chi connectivity index (χ2n) is 2.86. The zero-order valence-corrected chi connectivity index (χ0v) is 9.56. The highest BCUT2D eigenvalue weighted by Crippen LogP contribution is 2.53. The molecule has 0 aromatic heterocycles. The maximum atomic E-state index is 12.6. The van der Waals surface area contributed by atoms with Crippen LogP contribution in [0.2, 0.25) is 0 Å². The van der Waals surface area contributed by atoms with Gasteiger partial charge in [-0.1, -0.05) is 0 Å². The molecule has 0 saturated carbocycles. The predicted molar refractivity (Wildman–Crippen MR) is 41.7 cm³/mol. The molecule has 1 atom stereocenters. The van der Waals surface area contributed by atoms with Gasteiger partial charge in [0.1, 0.15) is 0 Å². The van der Waals surface area contributed by atoms with Gasteiger partial charge in [-0.2, -0.15) is 47.9 Å². The quantitative estimate of drug-likeness (QED) is 0.703. The van der Waals surface area contributed by atoms with Crippen LogP contribution in [0.25, 0.3) is 0 Å². The number of alkyl halides is 9. The fourth-order valence-electron chi connectivity index (χ4n) is 0.619. The molecule has 0 heterocycles. The van der Waals surface area contributed by atoms with Gasteiger partial charge in [0.25, 0.3) is 0 Å². The van der Waals surface area contributed by atoms with Crippen LogP contribution in [0.4, 0.5) is 39.5 Å². The van der Waals surface area contributed by atoms with Crippen molar-refractivity contribution in [2.45, 2.75) is 31.1 Å². The van der Waals surface area contributed by atoms with Crippen LogP contribution in [-0.2, 0) is 19.7 Å². The molecule has 13 heteroatoms. The average molecular weight is 328 g/mol. The summed E-state index contributed by atoms with van der Waals surface area (Å²) in [5.74, 6) is -14.1. The molecule has 0 aromatic rings. The largest absolute Gasteiger partial charge is 0.460 e. The summed E-state index contributed by atoms with van der Waals surface area (Å²) in [5.41, 5.74) is 0. The lowest BCUT2D eigenvalue weighted by Gasteiger charge is -2.32. The molecule has 0 aliphatic carbocycles. The van der Waals surface area contributed by atoms with Crippen molar-refractivity contribution in [2.75, 3.05) is 6.61 Å². The Hall–Kier alpha value is -0.560. The Labute approximate surface area is 102 Å². The number of hydrogen-bond donors (Lipinski definition) is 0. The van der Waals surface area contributed by atoms with E-state index in [0.717, 1.165) is 6.92 Å². The Morgan fingerprint density at radius 1 is 0.895 bits per heavy atom. The fourth-order valence-corrected chi connectivity index (χ4v) is 1.13. The molecule has 0 amide bonds. The van der Waals surface area contributed by atoms with Crippen LogP contribution in [-0.4, -0.2) is 34.9 Å². The van der Waals surface area contributed by atoms with Crippen molar-refractivity contribution in [3.8, 4) is 0 Å². The average Bonchev–Trinajstić information content (AvgIpc) is 2.14. The van der Waals surface area contributed by atoms with E-state index in [-0.39, 0.29) is 0 Å². The van der Waals surface area contributed by atoms with Crippen LogP contribution in [0, 0.1) is 0 Å². The molecule has 1 unspecified atom stereocenters. The van der Waals surface area contributed by atoms with E-state index in [9.17, 15) is 43.7 Å². The molecule has 0 aliphatic heterocycles. The van der Waals surface area contributed by atoms with Crippen molar-refractivity contribution in [1.82, 2.24) is 0 Å². The Morgan fingerprint density at radius 2 is 1.32 bits per heavy atom. The van der Waals surface area contributed by atoms with E-state index >= 15 is 0 Å². The van der Waals surface area contributed by atoms with E-state index in [2.05, 4.69) is 8.37 Å². The van der Waals surface area contributed by atoms with E-state index in [1.54, 1.807) is 0 Å². The molecule has 0 radical (unpaired) electrons. The Kier molecular flexibility index (Phi) is 5.28. The predicted octanol–water partition coefficient (Wildman–Crippen LogP) is 3.04. The van der Waals surface area contributed by atoms with Crippen LogP contribution in [0.5, 0.6) is 0 Å². The summed E-state index contributed by atoms with van der Waals surface area (Å²) in [7, 11) is 0. The van der Waals surface area contributed by atoms with Crippen LogP contribution in [0.1, 0.15) is 6.92 Å². The minimum absolute atomic E-state index is 0.607. The molecule has 0 rings (SSSR count). The highest BCUT2D eigenvalue weighted by molar-refractivity contribution is 7.75. The number of rotatable bonds is 6. The molecular weight excluding hydrogens is 323 g/mol. The molecule has 19 heavy (non-hydrogen) atoms. The monoisotopic (exact) mass is 328 g/mol. The van der Waals surface area contributed by atoms with Gasteiger partial charge < -0.3 is 0 Å². The highest BCUT2D eigenvalue weighted by Gasteiger charge is 2.83. The topological polar surface area (TPSA) is 35.5 Å². The summed E-state index contributed by atoms with van der Waals surface area (Å²) in [5, 5.41) is 0. The highest BCUT2D eigenvalue weighted by atomic mass is 32.2. The fraction of sp³-hybridized carbons (Fsp3) is 1.00. The summed E-state index contributed by atoms with van der Waals surface area (Å²) in [6.45, 7) is 0.436. The van der Waals surface area contributed by atoms with Crippen molar-refractivity contribution >= 4 is 11.4 Å². The normalized spacial score (nSPS) is 16.5. The second kappa shape index (κ2) is 5.44. The van der Waals surface area contributed by atoms with Crippen LogP contribution in [0.3, 0.4) is 0 Å². The second-order valence-corrected chi connectivity index (χ2v) is 3.67.